The van der Waals surface area contributed by atoms with E-state index in [1.807, 2.05) is 41.9 Å². The third-order valence-electron chi connectivity index (χ3n) is 4.00. The number of allylic oxidation sites excluding steroid dienone is 1. The molecule has 3 aromatic rings. The summed E-state index contributed by atoms with van der Waals surface area (Å²) in [5.41, 5.74) is 5.17. The van der Waals surface area contributed by atoms with Crippen molar-refractivity contribution in [2.75, 3.05) is 0 Å². The van der Waals surface area contributed by atoms with Gasteiger partial charge >= 0.3 is 0 Å². The molecule has 23 heavy (non-hydrogen) atoms. The summed E-state index contributed by atoms with van der Waals surface area (Å²) in [4.78, 5) is 4.67. The van der Waals surface area contributed by atoms with Gasteiger partial charge in [0.1, 0.15) is 4.60 Å². The normalized spacial score (nSPS) is 11.1. The molecule has 1 aromatic carbocycles. The molecular formula is C19H20BrN3. The summed E-state index contributed by atoms with van der Waals surface area (Å²) in [6.07, 6.45) is 3.31. The molecule has 0 N–H and O–H groups in total. The van der Waals surface area contributed by atoms with Crippen LogP contribution in [0.5, 0.6) is 0 Å². The zero-order valence-corrected chi connectivity index (χ0v) is 15.1. The average Bonchev–Trinajstić information content (AvgIpc) is 2.89. The number of fused-ring (bicyclic) bond motifs is 1. The summed E-state index contributed by atoms with van der Waals surface area (Å²) in [5.74, 6) is 0. The number of halogens is 1. The summed E-state index contributed by atoms with van der Waals surface area (Å²) in [5, 5.41) is 5.81. The van der Waals surface area contributed by atoms with Crippen LogP contribution < -0.4 is 0 Å². The van der Waals surface area contributed by atoms with Crippen LogP contribution in [0.15, 0.2) is 47.6 Å². The van der Waals surface area contributed by atoms with Gasteiger partial charge in [-0.25, -0.2) is 9.67 Å². The molecule has 4 heteroatoms. The summed E-state index contributed by atoms with van der Waals surface area (Å²) in [6, 6.07) is 12.2. The Morgan fingerprint density at radius 1 is 1.26 bits per heavy atom. The van der Waals surface area contributed by atoms with Crippen LogP contribution in [0.3, 0.4) is 0 Å². The number of rotatable bonds is 5. The van der Waals surface area contributed by atoms with E-state index in [1.165, 1.54) is 0 Å². The number of aromatic nitrogens is 3. The summed E-state index contributed by atoms with van der Waals surface area (Å²) < 4.78 is 2.72. The van der Waals surface area contributed by atoms with Crippen molar-refractivity contribution in [1.29, 1.82) is 0 Å². The molecule has 0 aliphatic carbocycles. The van der Waals surface area contributed by atoms with Gasteiger partial charge in [-0.15, -0.1) is 0 Å². The third kappa shape index (κ3) is 3.08. The molecule has 0 saturated carbocycles. The highest BCUT2D eigenvalue weighted by atomic mass is 79.9. The van der Waals surface area contributed by atoms with E-state index in [9.17, 15) is 0 Å². The average molecular weight is 370 g/mol. The Bertz CT molecular complexity index is 850. The second-order valence-corrected chi connectivity index (χ2v) is 6.54. The number of hydrogen-bond donors (Lipinski definition) is 0. The molecule has 0 saturated heterocycles. The first-order chi connectivity index (χ1) is 11.1. The Kier molecular flexibility index (Phi) is 4.62. The number of hydrogen-bond acceptors (Lipinski definition) is 2. The Labute approximate surface area is 145 Å². The Balaban J connectivity index is 2.21. The second kappa shape index (κ2) is 6.67. The van der Waals surface area contributed by atoms with Crippen LogP contribution >= 0.6 is 15.9 Å². The molecular weight excluding hydrogens is 350 g/mol. The van der Waals surface area contributed by atoms with E-state index in [-0.39, 0.29) is 0 Å². The lowest BCUT2D eigenvalue weighted by atomic mass is 9.99. The van der Waals surface area contributed by atoms with Crippen molar-refractivity contribution < 1.29 is 0 Å². The number of benzene rings is 1. The lowest BCUT2D eigenvalue weighted by Gasteiger charge is -2.09. The summed E-state index contributed by atoms with van der Waals surface area (Å²) in [6.45, 7) is 8.53. The van der Waals surface area contributed by atoms with Crippen LogP contribution in [0.2, 0.25) is 0 Å². The predicted molar refractivity (Wildman–Crippen MR) is 99.9 cm³/mol. The molecule has 118 valence electrons. The number of pyridine rings is 1. The lowest BCUT2D eigenvalue weighted by Crippen LogP contribution is -1.98. The fourth-order valence-electron chi connectivity index (χ4n) is 2.81. The highest BCUT2D eigenvalue weighted by Gasteiger charge is 2.16. The molecule has 3 nitrogen and oxygen atoms in total. The number of aryl methyl sites for hydroxylation is 1. The fraction of sp³-hybridized carbons (Fsp3) is 0.263. The van der Waals surface area contributed by atoms with Crippen LogP contribution in [0, 0.1) is 6.92 Å². The van der Waals surface area contributed by atoms with E-state index in [0.717, 1.165) is 57.4 Å². The zero-order chi connectivity index (χ0) is 16.4. The van der Waals surface area contributed by atoms with Crippen LogP contribution in [-0.4, -0.2) is 14.8 Å². The van der Waals surface area contributed by atoms with Crippen molar-refractivity contribution in [3.63, 3.8) is 0 Å². The highest BCUT2D eigenvalue weighted by molar-refractivity contribution is 9.10. The first kappa shape index (κ1) is 15.9. The van der Waals surface area contributed by atoms with Crippen molar-refractivity contribution in [2.45, 2.75) is 33.1 Å². The van der Waals surface area contributed by atoms with Gasteiger partial charge < -0.3 is 0 Å². The third-order valence-corrected chi connectivity index (χ3v) is 4.40. The van der Waals surface area contributed by atoms with Crippen molar-refractivity contribution in [3.8, 4) is 5.69 Å². The topological polar surface area (TPSA) is 30.7 Å². The monoisotopic (exact) mass is 369 g/mol. The van der Waals surface area contributed by atoms with Gasteiger partial charge in [-0.3, -0.25) is 0 Å². The van der Waals surface area contributed by atoms with Gasteiger partial charge in [0.05, 0.1) is 11.4 Å². The molecule has 0 bridgehead atoms. The van der Waals surface area contributed by atoms with Crippen molar-refractivity contribution >= 4 is 32.5 Å². The van der Waals surface area contributed by atoms with E-state index in [2.05, 4.69) is 40.5 Å². The Morgan fingerprint density at radius 2 is 2.00 bits per heavy atom. The van der Waals surface area contributed by atoms with E-state index in [1.54, 1.807) is 0 Å². The van der Waals surface area contributed by atoms with E-state index < -0.39 is 0 Å². The first-order valence-electron chi connectivity index (χ1n) is 7.91. The number of unbranched alkanes of at least 4 members (excludes halogenated alkanes) is 1. The molecule has 0 radical (unpaired) electrons. The minimum atomic E-state index is 0.815. The maximum Gasteiger partial charge on any atom is 0.165 e. The second-order valence-electron chi connectivity index (χ2n) is 5.73. The SMILES string of the molecule is C=C(CCCC)c1cc(Br)nc2c1c(C)nn2-c1ccccc1. The quantitative estimate of drug-likeness (QED) is 0.540. The Morgan fingerprint density at radius 3 is 2.70 bits per heavy atom. The van der Waals surface area contributed by atoms with Crippen LogP contribution in [-0.2, 0) is 0 Å². The van der Waals surface area contributed by atoms with E-state index in [4.69, 9.17) is 5.10 Å². The van der Waals surface area contributed by atoms with E-state index in [0.29, 0.717) is 0 Å². The smallest absolute Gasteiger partial charge is 0.165 e. The highest BCUT2D eigenvalue weighted by Crippen LogP contribution is 2.32. The predicted octanol–water partition coefficient (Wildman–Crippen LogP) is 5.69. The van der Waals surface area contributed by atoms with Gasteiger partial charge in [-0.1, -0.05) is 38.1 Å². The van der Waals surface area contributed by atoms with Gasteiger partial charge in [0, 0.05) is 5.39 Å². The summed E-state index contributed by atoms with van der Waals surface area (Å²) >= 11 is 3.54. The largest absolute Gasteiger partial charge is 0.221 e. The van der Waals surface area contributed by atoms with Crippen LogP contribution in [0.25, 0.3) is 22.3 Å². The molecule has 2 aromatic heterocycles. The van der Waals surface area contributed by atoms with Crippen LogP contribution in [0.4, 0.5) is 0 Å². The molecule has 0 aliphatic heterocycles. The van der Waals surface area contributed by atoms with Crippen molar-refractivity contribution in [2.24, 2.45) is 0 Å². The molecule has 0 fully saturated rings. The fourth-order valence-corrected chi connectivity index (χ4v) is 3.21. The van der Waals surface area contributed by atoms with Crippen molar-refractivity contribution in [3.05, 3.63) is 58.8 Å². The molecule has 0 atom stereocenters. The number of para-hydroxylation sites is 1. The van der Waals surface area contributed by atoms with Gasteiger partial charge in [0.15, 0.2) is 5.65 Å². The molecule has 2 heterocycles. The molecule has 0 aliphatic rings. The van der Waals surface area contributed by atoms with Gasteiger partial charge in [0.25, 0.3) is 0 Å². The standard InChI is InChI=1S/C19H20BrN3/c1-4-5-9-13(2)16-12-17(20)21-19-18(16)14(3)22-23(19)15-10-7-6-8-11-15/h6-8,10-12H,2,4-5,9H2,1,3H3. The Hall–Kier alpha value is -1.94. The van der Waals surface area contributed by atoms with Gasteiger partial charge in [0.2, 0.25) is 0 Å². The number of nitrogens with zero attached hydrogens (tertiary/aromatic N) is 3. The zero-order valence-electron chi connectivity index (χ0n) is 13.5. The minimum Gasteiger partial charge on any atom is -0.221 e. The minimum absolute atomic E-state index is 0.815. The molecule has 0 spiro atoms. The first-order valence-corrected chi connectivity index (χ1v) is 8.70. The molecule has 0 amide bonds. The maximum atomic E-state index is 4.72. The van der Waals surface area contributed by atoms with E-state index >= 15 is 0 Å². The van der Waals surface area contributed by atoms with Gasteiger partial charge in [-0.2, -0.15) is 5.10 Å². The van der Waals surface area contributed by atoms with Crippen molar-refractivity contribution in [1.82, 2.24) is 14.8 Å². The maximum absolute atomic E-state index is 4.72. The lowest BCUT2D eigenvalue weighted by molar-refractivity contribution is 0.825. The molecule has 3 rings (SSSR count). The van der Waals surface area contributed by atoms with Crippen LogP contribution in [0.1, 0.15) is 37.4 Å². The van der Waals surface area contributed by atoms with Gasteiger partial charge in [-0.05, 0) is 65.0 Å². The summed E-state index contributed by atoms with van der Waals surface area (Å²) in [7, 11) is 0. The molecule has 0 unspecified atom stereocenters.